The number of carbonyl (C=O) groups excluding carboxylic acids is 1. The summed E-state index contributed by atoms with van der Waals surface area (Å²) in [6, 6.07) is 1.05. The number of fused-ring (bicyclic) bond motifs is 3. The lowest BCUT2D eigenvalue weighted by atomic mass is 9.93. The van der Waals surface area contributed by atoms with Crippen molar-refractivity contribution in [3.8, 4) is 0 Å². The molecule has 92 valence electrons. The number of nitrogens with zero attached hydrogens (tertiary/aromatic N) is 2. The van der Waals surface area contributed by atoms with E-state index >= 15 is 0 Å². The van der Waals surface area contributed by atoms with Crippen molar-refractivity contribution in [3.63, 3.8) is 0 Å². The van der Waals surface area contributed by atoms with Crippen molar-refractivity contribution in [2.75, 3.05) is 26.2 Å². The van der Waals surface area contributed by atoms with Crippen LogP contribution >= 0.6 is 0 Å². The lowest BCUT2D eigenvalue weighted by Gasteiger charge is -2.55. The first kappa shape index (κ1) is 11.9. The van der Waals surface area contributed by atoms with Crippen LogP contribution in [0.1, 0.15) is 27.2 Å². The predicted octanol–water partition coefficient (Wildman–Crippen LogP) is 0.716. The molecule has 0 aromatic rings. The van der Waals surface area contributed by atoms with Crippen molar-refractivity contribution in [1.29, 1.82) is 0 Å². The molecule has 0 saturated carbocycles. The largest absolute Gasteiger partial charge is 0.465 e. The first-order valence-electron chi connectivity index (χ1n) is 6.35. The fourth-order valence-corrected chi connectivity index (χ4v) is 3.18. The van der Waals surface area contributed by atoms with Crippen LogP contribution in [0.2, 0.25) is 0 Å². The Kier molecular flexibility index (Phi) is 3.50. The second-order valence-electron chi connectivity index (χ2n) is 4.72. The Hall–Kier alpha value is -0.610. The van der Waals surface area contributed by atoms with E-state index in [4.69, 9.17) is 4.74 Å². The first-order valence-corrected chi connectivity index (χ1v) is 6.35. The molecule has 3 aliphatic heterocycles. The zero-order valence-electron chi connectivity index (χ0n) is 10.5. The third-order valence-electron chi connectivity index (χ3n) is 3.98. The minimum absolute atomic E-state index is 0.0356. The molecule has 3 aliphatic rings. The monoisotopic (exact) mass is 226 g/mol. The van der Waals surface area contributed by atoms with Gasteiger partial charge < -0.3 is 4.74 Å². The van der Waals surface area contributed by atoms with Gasteiger partial charge in [-0.1, -0.05) is 6.92 Å². The summed E-state index contributed by atoms with van der Waals surface area (Å²) in [6.45, 7) is 9.75. The van der Waals surface area contributed by atoms with E-state index in [1.165, 1.54) is 0 Å². The predicted molar refractivity (Wildman–Crippen MR) is 62.2 cm³/mol. The van der Waals surface area contributed by atoms with Crippen LogP contribution < -0.4 is 0 Å². The third-order valence-corrected chi connectivity index (χ3v) is 3.98. The van der Waals surface area contributed by atoms with Crippen LogP contribution in [0.25, 0.3) is 0 Å². The van der Waals surface area contributed by atoms with Gasteiger partial charge in [0.25, 0.3) is 0 Å². The summed E-state index contributed by atoms with van der Waals surface area (Å²) in [5, 5.41) is 0. The van der Waals surface area contributed by atoms with Gasteiger partial charge in [0.2, 0.25) is 0 Å². The third kappa shape index (κ3) is 1.84. The Morgan fingerprint density at radius 1 is 1.38 bits per heavy atom. The van der Waals surface area contributed by atoms with Gasteiger partial charge in [0.05, 0.1) is 6.61 Å². The number of ether oxygens (including phenoxy) is 1. The van der Waals surface area contributed by atoms with Crippen molar-refractivity contribution in [1.82, 2.24) is 9.80 Å². The maximum absolute atomic E-state index is 11.8. The van der Waals surface area contributed by atoms with E-state index in [0.29, 0.717) is 18.7 Å². The molecule has 3 rings (SSSR count). The lowest BCUT2D eigenvalue weighted by Crippen LogP contribution is -2.71. The van der Waals surface area contributed by atoms with Crippen molar-refractivity contribution in [2.45, 2.75) is 45.3 Å². The zero-order valence-corrected chi connectivity index (χ0v) is 10.5. The van der Waals surface area contributed by atoms with Crippen LogP contribution in [0.3, 0.4) is 0 Å². The zero-order chi connectivity index (χ0) is 11.7. The SMILES string of the molecule is CCOC(=O)C1CN2CCN1C(C)C2CC. The molecule has 0 amide bonds. The Bertz CT molecular complexity index is 268. The molecule has 2 bridgehead atoms. The number of esters is 1. The summed E-state index contributed by atoms with van der Waals surface area (Å²) in [6.07, 6.45) is 1.16. The van der Waals surface area contributed by atoms with Gasteiger partial charge >= 0.3 is 5.97 Å². The van der Waals surface area contributed by atoms with E-state index < -0.39 is 0 Å². The first-order chi connectivity index (χ1) is 7.69. The highest BCUT2D eigenvalue weighted by atomic mass is 16.5. The van der Waals surface area contributed by atoms with Gasteiger partial charge in [0.15, 0.2) is 0 Å². The molecule has 0 spiro atoms. The summed E-state index contributed by atoms with van der Waals surface area (Å²) in [5.41, 5.74) is 0. The van der Waals surface area contributed by atoms with Gasteiger partial charge in [-0.05, 0) is 20.3 Å². The molecule has 4 heteroatoms. The molecule has 3 fully saturated rings. The van der Waals surface area contributed by atoms with Gasteiger partial charge in [-0.15, -0.1) is 0 Å². The summed E-state index contributed by atoms with van der Waals surface area (Å²) >= 11 is 0. The highest BCUT2D eigenvalue weighted by Gasteiger charge is 2.45. The average molecular weight is 226 g/mol. The summed E-state index contributed by atoms with van der Waals surface area (Å²) in [7, 11) is 0. The quantitative estimate of drug-likeness (QED) is 0.664. The van der Waals surface area contributed by atoms with E-state index in [-0.39, 0.29) is 12.0 Å². The van der Waals surface area contributed by atoms with Gasteiger partial charge in [0, 0.05) is 31.7 Å². The van der Waals surface area contributed by atoms with E-state index in [9.17, 15) is 4.79 Å². The van der Waals surface area contributed by atoms with E-state index in [1.54, 1.807) is 0 Å². The van der Waals surface area contributed by atoms with Crippen LogP contribution in [-0.2, 0) is 9.53 Å². The van der Waals surface area contributed by atoms with E-state index in [0.717, 1.165) is 26.1 Å². The summed E-state index contributed by atoms with van der Waals surface area (Å²) in [4.78, 5) is 16.6. The van der Waals surface area contributed by atoms with Crippen molar-refractivity contribution in [2.24, 2.45) is 0 Å². The minimum Gasteiger partial charge on any atom is -0.465 e. The van der Waals surface area contributed by atoms with E-state index in [2.05, 4.69) is 23.6 Å². The number of hydrogen-bond acceptors (Lipinski definition) is 4. The molecule has 0 aromatic heterocycles. The van der Waals surface area contributed by atoms with Crippen LogP contribution in [0.5, 0.6) is 0 Å². The molecule has 0 aromatic carbocycles. The Morgan fingerprint density at radius 3 is 2.69 bits per heavy atom. The highest BCUT2D eigenvalue weighted by molar-refractivity contribution is 5.76. The van der Waals surface area contributed by atoms with E-state index in [1.807, 2.05) is 6.92 Å². The van der Waals surface area contributed by atoms with Crippen LogP contribution in [-0.4, -0.2) is 60.1 Å². The van der Waals surface area contributed by atoms with Crippen molar-refractivity contribution in [3.05, 3.63) is 0 Å². The molecule has 0 aliphatic carbocycles. The Labute approximate surface area is 97.5 Å². The standard InChI is InChI=1S/C12H22N2O2/c1-4-10-9(3)14-7-6-13(10)8-11(14)12(15)16-5-2/h9-11H,4-8H2,1-3H3. The number of hydrogen-bond donors (Lipinski definition) is 0. The van der Waals surface area contributed by atoms with Gasteiger partial charge in [-0.25, -0.2) is 0 Å². The van der Waals surface area contributed by atoms with Crippen LogP contribution in [0.15, 0.2) is 0 Å². The van der Waals surface area contributed by atoms with Crippen LogP contribution in [0.4, 0.5) is 0 Å². The molecular weight excluding hydrogens is 204 g/mol. The lowest BCUT2D eigenvalue weighted by molar-refractivity contribution is -0.161. The van der Waals surface area contributed by atoms with Gasteiger partial charge in [0.1, 0.15) is 6.04 Å². The van der Waals surface area contributed by atoms with Gasteiger partial charge in [-0.3, -0.25) is 14.6 Å². The minimum atomic E-state index is -0.0476. The van der Waals surface area contributed by atoms with Crippen LogP contribution in [0, 0.1) is 0 Å². The topological polar surface area (TPSA) is 32.8 Å². The molecular formula is C12H22N2O2. The number of rotatable bonds is 3. The smallest absolute Gasteiger partial charge is 0.324 e. The second-order valence-corrected chi connectivity index (χ2v) is 4.72. The molecule has 3 saturated heterocycles. The fourth-order valence-electron chi connectivity index (χ4n) is 3.18. The molecule has 5 atom stereocenters. The fraction of sp³-hybridized carbons (Fsp3) is 0.917. The maximum Gasteiger partial charge on any atom is 0.324 e. The Morgan fingerprint density at radius 2 is 2.12 bits per heavy atom. The average Bonchev–Trinajstić information content (AvgIpc) is 2.30. The molecule has 16 heavy (non-hydrogen) atoms. The molecule has 3 heterocycles. The van der Waals surface area contributed by atoms with Gasteiger partial charge in [-0.2, -0.15) is 0 Å². The van der Waals surface area contributed by atoms with Crippen molar-refractivity contribution < 1.29 is 9.53 Å². The Balaban J connectivity index is 2.08. The normalized spacial score (nSPS) is 42.1. The number of piperazine rings is 3. The molecule has 0 N–H and O–H groups in total. The maximum atomic E-state index is 11.8. The number of carbonyl (C=O) groups is 1. The summed E-state index contributed by atoms with van der Waals surface area (Å²) < 4.78 is 5.14. The second kappa shape index (κ2) is 4.72. The molecule has 0 radical (unpaired) electrons. The highest BCUT2D eigenvalue weighted by Crippen LogP contribution is 2.28. The van der Waals surface area contributed by atoms with Crippen molar-refractivity contribution >= 4 is 5.97 Å². The molecule has 4 nitrogen and oxygen atoms in total. The summed E-state index contributed by atoms with van der Waals surface area (Å²) in [5.74, 6) is -0.0476. The molecule has 5 unspecified atom stereocenters.